The van der Waals surface area contributed by atoms with Gasteiger partial charge in [0.15, 0.2) is 0 Å². The van der Waals surface area contributed by atoms with E-state index in [1.54, 1.807) is 36.9 Å². The summed E-state index contributed by atoms with van der Waals surface area (Å²) in [4.78, 5) is 12.2. The van der Waals surface area contributed by atoms with Crippen molar-refractivity contribution in [2.75, 3.05) is 7.11 Å². The van der Waals surface area contributed by atoms with Crippen molar-refractivity contribution < 1.29 is 18.9 Å². The molecule has 0 bridgehead atoms. The molecule has 22 heavy (non-hydrogen) atoms. The molecule has 2 unspecified atom stereocenters. The average Bonchev–Trinajstić information content (AvgIpc) is 3.06. The number of benzene rings is 1. The second kappa shape index (κ2) is 8.29. The minimum Gasteiger partial charge on any atom is -0.497 e. The number of amides is 1. The lowest BCUT2D eigenvalue weighted by Crippen LogP contribution is -2.28. The van der Waals surface area contributed by atoms with Crippen LogP contribution < -0.4 is 10.2 Å². The van der Waals surface area contributed by atoms with Crippen LogP contribution in [0.15, 0.2) is 29.2 Å². The van der Waals surface area contributed by atoms with Crippen LogP contribution in [-0.4, -0.2) is 27.7 Å². The first-order valence-electron chi connectivity index (χ1n) is 7.61. The molecule has 0 saturated heterocycles. The molecule has 2 N–H and O–H groups in total. The summed E-state index contributed by atoms with van der Waals surface area (Å²) in [7, 11) is 0.307. The standard InChI is InChI=1S/C16H23NO4S/c1-21-13-6-8-14(9-7-13)22(20)15(11-16(18)17-19)10-12-4-2-3-5-12/h6-9,12,15,19H,2-5,10-11H2,1H3,(H,17,18). The third-order valence-electron chi connectivity index (χ3n) is 4.20. The maximum Gasteiger partial charge on any atom is 0.244 e. The van der Waals surface area contributed by atoms with Crippen LogP contribution in [0.4, 0.5) is 0 Å². The Kier molecular flexibility index (Phi) is 6.39. The van der Waals surface area contributed by atoms with Crippen molar-refractivity contribution in [2.45, 2.75) is 48.7 Å². The van der Waals surface area contributed by atoms with Crippen molar-refractivity contribution in [3.63, 3.8) is 0 Å². The summed E-state index contributed by atoms with van der Waals surface area (Å²) in [6.45, 7) is 0. The Morgan fingerprint density at radius 1 is 1.36 bits per heavy atom. The molecule has 0 heterocycles. The Hall–Kier alpha value is -1.40. The fourth-order valence-electron chi connectivity index (χ4n) is 3.02. The fourth-order valence-corrected chi connectivity index (χ4v) is 4.56. The second-order valence-electron chi connectivity index (χ2n) is 5.72. The van der Waals surface area contributed by atoms with Crippen LogP contribution in [0.3, 0.4) is 0 Å². The highest BCUT2D eigenvalue weighted by molar-refractivity contribution is 7.85. The van der Waals surface area contributed by atoms with Gasteiger partial charge >= 0.3 is 0 Å². The number of hydrogen-bond acceptors (Lipinski definition) is 4. The quantitative estimate of drug-likeness (QED) is 0.597. The summed E-state index contributed by atoms with van der Waals surface area (Å²) in [5.74, 6) is 0.754. The summed E-state index contributed by atoms with van der Waals surface area (Å²) < 4.78 is 17.9. The Bertz CT molecular complexity index is 511. The fraction of sp³-hybridized carbons (Fsp3) is 0.562. The molecular formula is C16H23NO4S. The Morgan fingerprint density at radius 3 is 2.55 bits per heavy atom. The predicted molar refractivity (Wildman–Crippen MR) is 84.3 cm³/mol. The summed E-state index contributed by atoms with van der Waals surface area (Å²) in [6.07, 6.45) is 5.52. The van der Waals surface area contributed by atoms with E-state index in [-0.39, 0.29) is 11.7 Å². The molecule has 1 aromatic carbocycles. The lowest BCUT2D eigenvalue weighted by atomic mass is 10.00. The molecule has 2 rings (SSSR count). The van der Waals surface area contributed by atoms with Gasteiger partial charge in [-0.05, 0) is 36.6 Å². The van der Waals surface area contributed by atoms with Crippen LogP contribution in [0.2, 0.25) is 0 Å². The maximum atomic E-state index is 12.8. The highest BCUT2D eigenvalue weighted by atomic mass is 32.2. The molecule has 1 aromatic rings. The number of carbonyl (C=O) groups excluding carboxylic acids is 1. The first-order chi connectivity index (χ1) is 10.6. The van der Waals surface area contributed by atoms with Gasteiger partial charge < -0.3 is 4.74 Å². The topological polar surface area (TPSA) is 75.6 Å². The van der Waals surface area contributed by atoms with Gasteiger partial charge in [-0.3, -0.25) is 14.2 Å². The van der Waals surface area contributed by atoms with E-state index >= 15 is 0 Å². The molecule has 5 nitrogen and oxygen atoms in total. The molecule has 0 aromatic heterocycles. The number of hydrogen-bond donors (Lipinski definition) is 2. The van der Waals surface area contributed by atoms with Crippen LogP contribution in [0.5, 0.6) is 5.75 Å². The highest BCUT2D eigenvalue weighted by Gasteiger charge is 2.27. The smallest absolute Gasteiger partial charge is 0.244 e. The molecule has 0 spiro atoms. The van der Waals surface area contributed by atoms with Gasteiger partial charge in [0.25, 0.3) is 0 Å². The largest absolute Gasteiger partial charge is 0.497 e. The molecule has 0 aliphatic heterocycles. The number of carbonyl (C=O) groups is 1. The number of rotatable bonds is 7. The minimum absolute atomic E-state index is 0.0750. The lowest BCUT2D eigenvalue weighted by molar-refractivity contribution is -0.129. The van der Waals surface area contributed by atoms with Gasteiger partial charge in [0.1, 0.15) is 5.75 Å². The van der Waals surface area contributed by atoms with E-state index < -0.39 is 16.7 Å². The summed E-state index contributed by atoms with van der Waals surface area (Å²) in [6, 6.07) is 7.08. The van der Waals surface area contributed by atoms with Crippen molar-refractivity contribution in [3.05, 3.63) is 24.3 Å². The normalized spacial score (nSPS) is 17.9. The van der Waals surface area contributed by atoms with Gasteiger partial charge in [-0.2, -0.15) is 0 Å². The molecule has 122 valence electrons. The molecule has 1 aliphatic rings. The predicted octanol–water partition coefficient (Wildman–Crippen LogP) is 2.65. The first-order valence-corrected chi connectivity index (χ1v) is 8.83. The second-order valence-corrected chi connectivity index (χ2v) is 7.45. The van der Waals surface area contributed by atoms with E-state index in [1.165, 1.54) is 12.8 Å². The van der Waals surface area contributed by atoms with Gasteiger partial charge in [0.2, 0.25) is 5.91 Å². The first kappa shape index (κ1) is 17.0. The van der Waals surface area contributed by atoms with Gasteiger partial charge in [0.05, 0.1) is 17.9 Å². The summed E-state index contributed by atoms with van der Waals surface area (Å²) in [5.41, 5.74) is 1.65. The summed E-state index contributed by atoms with van der Waals surface area (Å²) in [5, 5.41) is 8.48. The van der Waals surface area contributed by atoms with Gasteiger partial charge in [0, 0.05) is 16.6 Å². The molecule has 0 radical (unpaired) electrons. The molecular weight excluding hydrogens is 302 g/mol. The van der Waals surface area contributed by atoms with E-state index in [4.69, 9.17) is 9.94 Å². The average molecular weight is 325 g/mol. The van der Waals surface area contributed by atoms with Gasteiger partial charge in [-0.1, -0.05) is 25.7 Å². The van der Waals surface area contributed by atoms with Crippen LogP contribution in [0.1, 0.15) is 38.5 Å². The zero-order chi connectivity index (χ0) is 15.9. The van der Waals surface area contributed by atoms with Crippen LogP contribution >= 0.6 is 0 Å². The SMILES string of the molecule is COc1ccc(S(=O)C(CC(=O)NO)CC2CCCC2)cc1. The monoisotopic (exact) mass is 325 g/mol. The van der Waals surface area contributed by atoms with E-state index in [0.717, 1.165) is 19.3 Å². The molecule has 1 aliphatic carbocycles. The van der Waals surface area contributed by atoms with E-state index in [0.29, 0.717) is 16.6 Å². The number of ether oxygens (including phenoxy) is 1. The molecule has 1 amide bonds. The molecule has 1 fully saturated rings. The Morgan fingerprint density at radius 2 is 2.00 bits per heavy atom. The minimum atomic E-state index is -1.28. The molecule has 2 atom stereocenters. The van der Waals surface area contributed by atoms with Crippen molar-refractivity contribution in [2.24, 2.45) is 5.92 Å². The molecule has 6 heteroatoms. The Balaban J connectivity index is 2.10. The van der Waals surface area contributed by atoms with Crippen LogP contribution in [-0.2, 0) is 15.6 Å². The Labute approximate surface area is 133 Å². The lowest BCUT2D eigenvalue weighted by Gasteiger charge is -2.19. The number of methoxy groups -OCH3 is 1. The van der Waals surface area contributed by atoms with Crippen molar-refractivity contribution in [1.29, 1.82) is 0 Å². The van der Waals surface area contributed by atoms with Crippen LogP contribution in [0, 0.1) is 5.92 Å². The zero-order valence-electron chi connectivity index (χ0n) is 12.8. The third kappa shape index (κ3) is 4.55. The van der Waals surface area contributed by atoms with Crippen molar-refractivity contribution in [1.82, 2.24) is 5.48 Å². The third-order valence-corrected chi connectivity index (χ3v) is 5.90. The highest BCUT2D eigenvalue weighted by Crippen LogP contribution is 2.32. The summed E-state index contributed by atoms with van der Waals surface area (Å²) >= 11 is 0. The van der Waals surface area contributed by atoms with E-state index in [2.05, 4.69) is 0 Å². The van der Waals surface area contributed by atoms with E-state index in [9.17, 15) is 9.00 Å². The zero-order valence-corrected chi connectivity index (χ0v) is 13.6. The van der Waals surface area contributed by atoms with Crippen LogP contribution in [0.25, 0.3) is 0 Å². The number of nitrogens with one attached hydrogen (secondary N) is 1. The van der Waals surface area contributed by atoms with Crippen molar-refractivity contribution in [3.8, 4) is 5.75 Å². The van der Waals surface area contributed by atoms with Gasteiger partial charge in [-0.25, -0.2) is 5.48 Å². The molecule has 1 saturated carbocycles. The van der Waals surface area contributed by atoms with E-state index in [1.807, 2.05) is 0 Å². The van der Waals surface area contributed by atoms with Gasteiger partial charge in [-0.15, -0.1) is 0 Å². The number of hydroxylamine groups is 1. The maximum absolute atomic E-state index is 12.8. The van der Waals surface area contributed by atoms with Crippen molar-refractivity contribution >= 4 is 16.7 Å².